The number of nitrogens with one attached hydrogen (secondary N) is 1. The number of rotatable bonds is 8. The van der Waals surface area contributed by atoms with Crippen LogP contribution in [0.5, 0.6) is 11.5 Å². The third-order valence-corrected chi connectivity index (χ3v) is 4.07. The van der Waals surface area contributed by atoms with Gasteiger partial charge in [0.2, 0.25) is 0 Å². The molecule has 0 spiro atoms. The molecule has 0 aliphatic heterocycles. The maximum atomic E-state index is 11.9. The lowest BCUT2D eigenvalue weighted by atomic mass is 10.1. The lowest BCUT2D eigenvalue weighted by Gasteiger charge is -2.11. The Balaban J connectivity index is 1.83. The van der Waals surface area contributed by atoms with Crippen LogP contribution in [0.1, 0.15) is 28.4 Å². The number of carbonyl (C=O) groups is 3. The van der Waals surface area contributed by atoms with Crippen LogP contribution in [0.15, 0.2) is 36.4 Å². The third kappa shape index (κ3) is 5.84. The molecule has 0 aliphatic carbocycles. The molecule has 2 rings (SSSR count). The molecule has 0 aliphatic rings. The highest BCUT2D eigenvalue weighted by molar-refractivity contribution is 5.95. The van der Waals surface area contributed by atoms with Crippen molar-refractivity contribution in [1.29, 1.82) is 0 Å². The number of benzene rings is 2. The fourth-order valence-corrected chi connectivity index (χ4v) is 2.35. The Kier molecular flexibility index (Phi) is 7.14. The van der Waals surface area contributed by atoms with Crippen molar-refractivity contribution in [3.63, 3.8) is 0 Å². The second kappa shape index (κ2) is 9.55. The van der Waals surface area contributed by atoms with Gasteiger partial charge in [-0.2, -0.15) is 0 Å². The van der Waals surface area contributed by atoms with Crippen LogP contribution in [0.3, 0.4) is 0 Å². The number of aryl methyl sites for hydroxylation is 2. The number of amides is 1. The molecule has 0 unspecified atom stereocenters. The van der Waals surface area contributed by atoms with E-state index in [1.54, 1.807) is 12.1 Å². The molecule has 0 bridgehead atoms. The van der Waals surface area contributed by atoms with E-state index in [9.17, 15) is 14.4 Å². The molecule has 0 radical (unpaired) electrons. The van der Waals surface area contributed by atoms with E-state index in [0.29, 0.717) is 22.7 Å². The Morgan fingerprint density at radius 2 is 1.68 bits per heavy atom. The van der Waals surface area contributed by atoms with Crippen LogP contribution < -0.4 is 14.8 Å². The zero-order valence-electron chi connectivity index (χ0n) is 16.3. The molecule has 2 aromatic carbocycles. The molecule has 1 N–H and O–H groups in total. The molecule has 2 aromatic rings. The van der Waals surface area contributed by atoms with Crippen molar-refractivity contribution >= 4 is 23.3 Å². The summed E-state index contributed by atoms with van der Waals surface area (Å²) in [6, 6.07) is 10.2. The molecular weight excluding hydrogens is 362 g/mol. The van der Waals surface area contributed by atoms with Gasteiger partial charge in [-0.1, -0.05) is 6.07 Å². The zero-order valence-corrected chi connectivity index (χ0v) is 16.3. The monoisotopic (exact) mass is 385 g/mol. The molecule has 0 aromatic heterocycles. The molecule has 0 fully saturated rings. The predicted octanol–water partition coefficient (Wildman–Crippen LogP) is 3.08. The molecule has 28 heavy (non-hydrogen) atoms. The van der Waals surface area contributed by atoms with Crippen molar-refractivity contribution in [2.24, 2.45) is 0 Å². The number of hydrogen-bond donors (Lipinski definition) is 1. The first-order valence-corrected chi connectivity index (χ1v) is 8.64. The van der Waals surface area contributed by atoms with E-state index in [1.165, 1.54) is 26.2 Å². The topological polar surface area (TPSA) is 90.9 Å². The zero-order chi connectivity index (χ0) is 20.7. The number of ether oxygens (including phenoxy) is 3. The van der Waals surface area contributed by atoms with Gasteiger partial charge in [0.1, 0.15) is 0 Å². The Bertz CT molecular complexity index is 890. The van der Waals surface area contributed by atoms with Crippen LogP contribution in [-0.2, 0) is 14.3 Å². The second-order valence-corrected chi connectivity index (χ2v) is 6.22. The molecule has 0 atom stereocenters. The lowest BCUT2D eigenvalue weighted by Crippen LogP contribution is -2.23. The number of methoxy groups -OCH3 is 1. The molecule has 7 nitrogen and oxygen atoms in total. The summed E-state index contributed by atoms with van der Waals surface area (Å²) < 4.78 is 15.4. The van der Waals surface area contributed by atoms with Crippen LogP contribution in [0, 0.1) is 13.8 Å². The Hall–Kier alpha value is -3.35. The minimum atomic E-state index is -0.701. The summed E-state index contributed by atoms with van der Waals surface area (Å²) in [6.07, 6.45) is 0. The van der Waals surface area contributed by atoms with Crippen molar-refractivity contribution in [2.45, 2.75) is 20.8 Å². The molecule has 0 saturated heterocycles. The van der Waals surface area contributed by atoms with Crippen molar-refractivity contribution in [3.8, 4) is 11.5 Å². The van der Waals surface area contributed by atoms with E-state index < -0.39 is 25.1 Å². The molecule has 148 valence electrons. The summed E-state index contributed by atoms with van der Waals surface area (Å²) in [5.74, 6) is -0.635. The van der Waals surface area contributed by atoms with Crippen molar-refractivity contribution in [1.82, 2.24) is 0 Å². The maximum Gasteiger partial charge on any atom is 0.344 e. The highest BCUT2D eigenvalue weighted by Crippen LogP contribution is 2.28. The summed E-state index contributed by atoms with van der Waals surface area (Å²) >= 11 is 0. The highest BCUT2D eigenvalue weighted by Gasteiger charge is 2.12. The quantitative estimate of drug-likeness (QED) is 0.555. The lowest BCUT2D eigenvalue weighted by molar-refractivity contribution is -0.149. The number of ketones is 1. The fourth-order valence-electron chi connectivity index (χ4n) is 2.35. The van der Waals surface area contributed by atoms with Crippen molar-refractivity contribution < 1.29 is 28.6 Å². The first kappa shape index (κ1) is 21.0. The van der Waals surface area contributed by atoms with E-state index in [1.807, 2.05) is 26.0 Å². The van der Waals surface area contributed by atoms with Gasteiger partial charge in [-0.05, 0) is 62.2 Å². The van der Waals surface area contributed by atoms with E-state index in [4.69, 9.17) is 14.2 Å². The van der Waals surface area contributed by atoms with Crippen molar-refractivity contribution in [2.75, 3.05) is 25.6 Å². The van der Waals surface area contributed by atoms with Crippen LogP contribution in [-0.4, -0.2) is 38.0 Å². The average Bonchev–Trinajstić information content (AvgIpc) is 2.67. The first-order valence-electron chi connectivity index (χ1n) is 8.64. The van der Waals surface area contributed by atoms with E-state index in [-0.39, 0.29) is 5.78 Å². The van der Waals surface area contributed by atoms with Gasteiger partial charge >= 0.3 is 5.97 Å². The number of anilines is 1. The van der Waals surface area contributed by atoms with E-state index in [0.717, 1.165) is 11.1 Å². The smallest absolute Gasteiger partial charge is 0.344 e. The summed E-state index contributed by atoms with van der Waals surface area (Å²) in [6.45, 7) is 4.54. The Labute approximate surface area is 163 Å². The van der Waals surface area contributed by atoms with Crippen molar-refractivity contribution in [3.05, 3.63) is 53.1 Å². The normalized spacial score (nSPS) is 10.1. The van der Waals surface area contributed by atoms with Crippen LogP contribution in [0.4, 0.5) is 5.69 Å². The summed E-state index contributed by atoms with van der Waals surface area (Å²) in [5, 5.41) is 2.67. The molecule has 1 amide bonds. The highest BCUT2D eigenvalue weighted by atomic mass is 16.6. The molecule has 0 heterocycles. The maximum absolute atomic E-state index is 11.9. The predicted molar refractivity (Wildman–Crippen MR) is 104 cm³/mol. The largest absolute Gasteiger partial charge is 0.493 e. The van der Waals surface area contributed by atoms with Gasteiger partial charge < -0.3 is 19.5 Å². The summed E-state index contributed by atoms with van der Waals surface area (Å²) in [7, 11) is 1.43. The number of Topliss-reactive ketones (excluding diaryl/α,β-unsaturated/α-hetero) is 1. The van der Waals surface area contributed by atoms with Gasteiger partial charge in [0.25, 0.3) is 5.91 Å². The summed E-state index contributed by atoms with van der Waals surface area (Å²) in [5.41, 5.74) is 3.27. The molecule has 7 heteroatoms. The fraction of sp³-hybridized carbons (Fsp3) is 0.286. The van der Waals surface area contributed by atoms with Crippen LogP contribution in [0.2, 0.25) is 0 Å². The van der Waals surface area contributed by atoms with Gasteiger partial charge in [-0.25, -0.2) is 4.79 Å². The Morgan fingerprint density at radius 1 is 0.929 bits per heavy atom. The minimum absolute atomic E-state index is 0.112. The van der Waals surface area contributed by atoms with Crippen LogP contribution >= 0.6 is 0 Å². The van der Waals surface area contributed by atoms with Gasteiger partial charge in [-0.3, -0.25) is 9.59 Å². The van der Waals surface area contributed by atoms with E-state index >= 15 is 0 Å². The minimum Gasteiger partial charge on any atom is -0.493 e. The molecule has 0 saturated carbocycles. The number of esters is 1. The summed E-state index contributed by atoms with van der Waals surface area (Å²) in [4.78, 5) is 35.1. The average molecular weight is 385 g/mol. The van der Waals surface area contributed by atoms with Gasteiger partial charge in [0.15, 0.2) is 30.5 Å². The van der Waals surface area contributed by atoms with Gasteiger partial charge in [0.05, 0.1) is 7.11 Å². The van der Waals surface area contributed by atoms with Crippen LogP contribution in [0.25, 0.3) is 0 Å². The SMILES string of the molecule is COc1cc(C(C)=O)ccc1OCC(=O)OCC(=O)Nc1ccc(C)c(C)c1. The standard InChI is InChI=1S/C21H23NO6/c1-13-5-7-17(9-14(13)2)22-20(24)11-28-21(25)12-27-18-8-6-16(15(3)23)10-19(18)26-4/h5-10H,11-12H2,1-4H3,(H,22,24). The number of carbonyl (C=O) groups excluding carboxylic acids is 3. The van der Waals surface area contributed by atoms with Gasteiger partial charge in [0, 0.05) is 11.3 Å². The third-order valence-electron chi connectivity index (χ3n) is 4.07. The molecular formula is C21H23NO6. The van der Waals surface area contributed by atoms with Gasteiger partial charge in [-0.15, -0.1) is 0 Å². The first-order chi connectivity index (χ1) is 13.3. The Morgan fingerprint density at radius 3 is 2.32 bits per heavy atom. The second-order valence-electron chi connectivity index (χ2n) is 6.22. The van der Waals surface area contributed by atoms with E-state index in [2.05, 4.69) is 5.32 Å². The number of hydrogen-bond acceptors (Lipinski definition) is 6.